The van der Waals surface area contributed by atoms with Crippen LogP contribution in [0.5, 0.6) is 0 Å². The van der Waals surface area contributed by atoms with Crippen LogP contribution in [0.2, 0.25) is 0 Å². The van der Waals surface area contributed by atoms with Crippen LogP contribution in [0.4, 0.5) is 4.39 Å². The number of fused-ring (bicyclic) bond motifs is 1. The van der Waals surface area contributed by atoms with Crippen LogP contribution in [-0.2, 0) is 17.8 Å². The van der Waals surface area contributed by atoms with Crippen molar-refractivity contribution in [1.82, 2.24) is 19.9 Å². The number of hydrogen-bond acceptors (Lipinski definition) is 3. The van der Waals surface area contributed by atoms with Gasteiger partial charge in [0.05, 0.1) is 23.3 Å². The molecule has 0 aliphatic heterocycles. The van der Waals surface area contributed by atoms with Gasteiger partial charge < -0.3 is 9.88 Å². The summed E-state index contributed by atoms with van der Waals surface area (Å²) < 4.78 is 15.3. The number of nitrogens with one attached hydrogen (secondary N) is 1. The summed E-state index contributed by atoms with van der Waals surface area (Å²) in [5, 5.41) is 2.98. The highest BCUT2D eigenvalue weighted by Gasteiger charge is 2.22. The third-order valence-electron chi connectivity index (χ3n) is 5.59. The molecule has 0 saturated carbocycles. The number of amides is 1. The van der Waals surface area contributed by atoms with Crippen molar-refractivity contribution >= 4 is 16.9 Å². The molecule has 2 aromatic carbocycles. The summed E-state index contributed by atoms with van der Waals surface area (Å²) in [5.74, 6) is 0.390. The number of hydrogen-bond donors (Lipinski definition) is 1. The minimum Gasteiger partial charge on any atom is -0.349 e. The van der Waals surface area contributed by atoms with E-state index in [2.05, 4.69) is 30.2 Å². The molecule has 6 heteroatoms. The first-order chi connectivity index (χ1) is 14.9. The maximum atomic E-state index is 13.3. The van der Waals surface area contributed by atoms with Gasteiger partial charge in [-0.15, -0.1) is 0 Å². The Morgan fingerprint density at radius 3 is 2.55 bits per heavy atom. The molecular weight excluding hydrogens is 391 g/mol. The van der Waals surface area contributed by atoms with Gasteiger partial charge in [0.15, 0.2) is 0 Å². The largest absolute Gasteiger partial charge is 0.349 e. The Hall–Kier alpha value is -3.54. The molecule has 5 nitrogen and oxygen atoms in total. The topological polar surface area (TPSA) is 59.8 Å². The predicted molar refractivity (Wildman–Crippen MR) is 119 cm³/mol. The quantitative estimate of drug-likeness (QED) is 0.498. The average molecular weight is 417 g/mol. The first-order valence-electron chi connectivity index (χ1n) is 10.3. The number of halogens is 1. The van der Waals surface area contributed by atoms with Crippen molar-refractivity contribution < 1.29 is 9.18 Å². The third kappa shape index (κ3) is 4.48. The zero-order valence-electron chi connectivity index (χ0n) is 17.9. The molecule has 0 spiro atoms. The van der Waals surface area contributed by atoms with Crippen molar-refractivity contribution in [3.63, 3.8) is 0 Å². The highest BCUT2D eigenvalue weighted by Crippen LogP contribution is 2.26. The minimum atomic E-state index is -0.466. The summed E-state index contributed by atoms with van der Waals surface area (Å²) in [4.78, 5) is 22.1. The van der Waals surface area contributed by atoms with E-state index < -0.39 is 6.04 Å². The first-order valence-corrected chi connectivity index (χ1v) is 10.3. The summed E-state index contributed by atoms with van der Waals surface area (Å²) in [6.07, 6.45) is 2.21. The summed E-state index contributed by atoms with van der Waals surface area (Å²) >= 11 is 0. The molecule has 1 amide bonds. The van der Waals surface area contributed by atoms with E-state index >= 15 is 0 Å². The normalized spacial score (nSPS) is 12.1. The van der Waals surface area contributed by atoms with E-state index in [1.807, 2.05) is 35.8 Å². The fraction of sp³-hybridized carbons (Fsp3) is 0.240. The smallest absolute Gasteiger partial charge is 0.243 e. The number of aryl methyl sites for hydroxylation is 2. The lowest BCUT2D eigenvalue weighted by Crippen LogP contribution is -2.31. The number of carbonyl (C=O) groups is 1. The fourth-order valence-corrected chi connectivity index (χ4v) is 3.69. The fourth-order valence-electron chi connectivity index (χ4n) is 3.69. The van der Waals surface area contributed by atoms with E-state index in [4.69, 9.17) is 4.98 Å². The number of rotatable bonds is 6. The van der Waals surface area contributed by atoms with Gasteiger partial charge in [0.25, 0.3) is 0 Å². The summed E-state index contributed by atoms with van der Waals surface area (Å²) in [7, 11) is 0. The van der Waals surface area contributed by atoms with Crippen molar-refractivity contribution in [1.29, 1.82) is 0 Å². The molecule has 0 aliphatic rings. The van der Waals surface area contributed by atoms with E-state index in [0.717, 1.165) is 39.2 Å². The van der Waals surface area contributed by atoms with Gasteiger partial charge in [0, 0.05) is 12.6 Å². The number of pyridine rings is 1. The molecule has 158 valence electrons. The van der Waals surface area contributed by atoms with Crippen LogP contribution in [0.15, 0.2) is 60.8 Å². The lowest BCUT2D eigenvalue weighted by atomic mass is 10.1. The van der Waals surface area contributed by atoms with Crippen molar-refractivity contribution in [3.8, 4) is 0 Å². The summed E-state index contributed by atoms with van der Waals surface area (Å²) in [6, 6.07) is 15.7. The molecular formula is C25H25FN4O. The number of benzene rings is 2. The van der Waals surface area contributed by atoms with E-state index in [9.17, 15) is 9.18 Å². The van der Waals surface area contributed by atoms with E-state index in [1.165, 1.54) is 12.1 Å². The highest BCUT2D eigenvalue weighted by molar-refractivity contribution is 5.84. The van der Waals surface area contributed by atoms with E-state index in [1.54, 1.807) is 18.3 Å². The molecule has 4 rings (SSSR count). The molecule has 1 N–H and O–H groups in total. The predicted octanol–water partition coefficient (Wildman–Crippen LogP) is 4.66. The lowest BCUT2D eigenvalue weighted by molar-refractivity contribution is -0.124. The average Bonchev–Trinajstić information content (AvgIpc) is 3.10. The summed E-state index contributed by atoms with van der Waals surface area (Å²) in [6.45, 7) is 6.34. The van der Waals surface area contributed by atoms with E-state index in [0.29, 0.717) is 13.0 Å². The standard InChI is InChI=1S/C25H25FN4O/c1-16-12-22-23(13-17(16)2)30(24(29-22)14-19-7-9-20(26)10-8-19)18(3)25(31)28-15-21-6-4-5-11-27-21/h4-13,18H,14-15H2,1-3H3,(H,28,31)/t18-/m1/s1. The Kier molecular flexibility index (Phi) is 5.80. The first kappa shape index (κ1) is 20.7. The molecule has 0 saturated heterocycles. The Morgan fingerprint density at radius 1 is 1.10 bits per heavy atom. The Labute approximate surface area is 181 Å². The van der Waals surface area contributed by atoms with Gasteiger partial charge in [-0.2, -0.15) is 0 Å². The molecule has 0 bridgehead atoms. The van der Waals surface area contributed by atoms with Crippen LogP contribution < -0.4 is 5.32 Å². The van der Waals surface area contributed by atoms with Crippen LogP contribution in [-0.4, -0.2) is 20.4 Å². The molecule has 2 heterocycles. The SMILES string of the molecule is Cc1cc2nc(Cc3ccc(F)cc3)n([C@H](C)C(=O)NCc3ccccn3)c2cc1C. The third-order valence-corrected chi connectivity index (χ3v) is 5.59. The minimum absolute atomic E-state index is 0.108. The zero-order chi connectivity index (χ0) is 22.0. The van der Waals surface area contributed by atoms with Crippen LogP contribution in [0.3, 0.4) is 0 Å². The Morgan fingerprint density at radius 2 is 1.84 bits per heavy atom. The van der Waals surface area contributed by atoms with Gasteiger partial charge >= 0.3 is 0 Å². The molecule has 4 aromatic rings. The second-order valence-corrected chi connectivity index (χ2v) is 7.84. The van der Waals surface area contributed by atoms with Gasteiger partial charge in [-0.1, -0.05) is 18.2 Å². The van der Waals surface area contributed by atoms with Crippen molar-refractivity contribution in [3.05, 3.63) is 94.8 Å². The summed E-state index contributed by atoms with van der Waals surface area (Å²) in [5.41, 5.74) is 5.80. The van der Waals surface area contributed by atoms with Crippen molar-refractivity contribution in [2.75, 3.05) is 0 Å². The molecule has 31 heavy (non-hydrogen) atoms. The number of aromatic nitrogens is 3. The lowest BCUT2D eigenvalue weighted by Gasteiger charge is -2.18. The second kappa shape index (κ2) is 8.68. The van der Waals surface area contributed by atoms with Gasteiger partial charge in [0.2, 0.25) is 5.91 Å². The number of carbonyl (C=O) groups excluding carboxylic acids is 1. The maximum absolute atomic E-state index is 13.3. The van der Waals surface area contributed by atoms with Crippen molar-refractivity contribution in [2.24, 2.45) is 0 Å². The van der Waals surface area contributed by atoms with Gasteiger partial charge in [-0.3, -0.25) is 9.78 Å². The highest BCUT2D eigenvalue weighted by atomic mass is 19.1. The van der Waals surface area contributed by atoms with Gasteiger partial charge in [-0.25, -0.2) is 9.37 Å². The zero-order valence-corrected chi connectivity index (χ0v) is 17.9. The Bertz CT molecular complexity index is 1220. The molecule has 0 fully saturated rings. The molecule has 0 aliphatic carbocycles. The van der Waals surface area contributed by atoms with Crippen LogP contribution in [0.1, 0.15) is 41.2 Å². The van der Waals surface area contributed by atoms with E-state index in [-0.39, 0.29) is 11.7 Å². The molecule has 0 radical (unpaired) electrons. The van der Waals surface area contributed by atoms with Gasteiger partial charge in [0.1, 0.15) is 17.7 Å². The monoisotopic (exact) mass is 416 g/mol. The number of imidazole rings is 1. The molecule has 2 aromatic heterocycles. The van der Waals surface area contributed by atoms with Crippen LogP contribution in [0.25, 0.3) is 11.0 Å². The van der Waals surface area contributed by atoms with Crippen molar-refractivity contribution in [2.45, 2.75) is 39.8 Å². The molecule has 0 unspecified atom stereocenters. The second-order valence-electron chi connectivity index (χ2n) is 7.84. The molecule has 1 atom stereocenters. The van der Waals surface area contributed by atoms with Gasteiger partial charge in [-0.05, 0) is 73.9 Å². The van der Waals surface area contributed by atoms with Crippen LogP contribution in [0, 0.1) is 19.7 Å². The number of nitrogens with zero attached hydrogens (tertiary/aromatic N) is 3. The van der Waals surface area contributed by atoms with Crippen LogP contribution >= 0.6 is 0 Å². The maximum Gasteiger partial charge on any atom is 0.243 e. The Balaban J connectivity index is 1.68.